The largest absolute Gasteiger partial charge is 0.261 e. The Bertz CT molecular complexity index is 2650. The number of nitrogens with zero attached hydrogens (tertiary/aromatic N) is 3. The zero-order chi connectivity index (χ0) is 39.3. The van der Waals surface area contributed by atoms with Crippen LogP contribution in [-0.2, 0) is 13.0 Å². The molecule has 6 aromatic carbocycles. The van der Waals surface area contributed by atoms with E-state index in [0.717, 1.165) is 40.7 Å². The van der Waals surface area contributed by atoms with Crippen molar-refractivity contribution in [1.82, 2.24) is 0 Å². The van der Waals surface area contributed by atoms with Gasteiger partial charge in [0.25, 0.3) is 0 Å². The summed E-state index contributed by atoms with van der Waals surface area (Å²) < 4.78 is 0. The minimum absolute atomic E-state index is 0.409. The minimum Gasteiger partial charge on any atom is -0.261 e. The monoisotopic (exact) mass is 737 g/mol. The predicted molar refractivity (Wildman–Crippen MR) is 244 cm³/mol. The van der Waals surface area contributed by atoms with Gasteiger partial charge in [-0.25, -0.2) is 9.98 Å². The number of benzene rings is 6. The van der Waals surface area contributed by atoms with Gasteiger partial charge in [0.2, 0.25) is 0 Å². The number of aryl methyl sites for hydroxylation is 1. The SMILES string of the molecule is C=C/C(=C\C)c1cc(-c2ccc(-c3ccc4c(c3)-c3c(cccc3C(N=C(N=C)C3=CC(C)CC=C3)=NCc3ccccc3)C4)cc2)cc(-c2cccc(C)c2)c1. The van der Waals surface area contributed by atoms with Crippen LogP contribution >= 0.6 is 0 Å². The van der Waals surface area contributed by atoms with Crippen molar-refractivity contribution in [2.24, 2.45) is 20.9 Å². The van der Waals surface area contributed by atoms with Gasteiger partial charge in [-0.2, -0.15) is 0 Å². The number of aliphatic imine (C=N–C) groups is 3. The molecule has 2 aliphatic rings. The standard InChI is InChI=1S/C54H47N3/c1-6-39(7-2)47-31-48(33-49(32-47)42-18-11-14-36(3)28-42)41-24-22-40(23-25-41)43-26-27-44-30-45-19-13-21-50(52(45)51(44)34-43)54(56-35-38-16-9-8-10-17-38)57-53(55-5)46-20-12-15-37(4)29-46/h6-14,16-29,31-34,37H,1,5,15,30,35H2,2-4H3/b39-7+,56-54?,57-53?. The molecule has 1 unspecified atom stereocenters. The van der Waals surface area contributed by atoms with E-state index in [1.54, 1.807) is 0 Å². The van der Waals surface area contributed by atoms with Gasteiger partial charge in [0.15, 0.2) is 11.7 Å². The Labute approximate surface area is 337 Å². The normalized spacial score (nSPS) is 15.2. The highest BCUT2D eigenvalue weighted by Crippen LogP contribution is 2.42. The lowest BCUT2D eigenvalue weighted by molar-refractivity contribution is 0.733. The summed E-state index contributed by atoms with van der Waals surface area (Å²) in [5.74, 6) is 1.67. The average molecular weight is 738 g/mol. The second-order valence-corrected chi connectivity index (χ2v) is 15.0. The summed E-state index contributed by atoms with van der Waals surface area (Å²) in [6.45, 7) is 15.0. The molecule has 0 amide bonds. The van der Waals surface area contributed by atoms with Crippen LogP contribution in [0.3, 0.4) is 0 Å². The van der Waals surface area contributed by atoms with Crippen molar-refractivity contribution in [3.05, 3.63) is 209 Å². The zero-order valence-corrected chi connectivity index (χ0v) is 33.0. The molecular formula is C54H47N3. The molecule has 0 aliphatic heterocycles. The highest BCUT2D eigenvalue weighted by molar-refractivity contribution is 6.16. The van der Waals surface area contributed by atoms with Crippen LogP contribution in [0.4, 0.5) is 0 Å². The van der Waals surface area contributed by atoms with Crippen LogP contribution in [0, 0.1) is 12.8 Å². The van der Waals surface area contributed by atoms with Crippen molar-refractivity contribution < 1.29 is 0 Å². The van der Waals surface area contributed by atoms with Crippen molar-refractivity contribution in [3.63, 3.8) is 0 Å². The smallest absolute Gasteiger partial charge is 0.160 e. The number of rotatable bonds is 9. The van der Waals surface area contributed by atoms with Gasteiger partial charge >= 0.3 is 0 Å². The summed E-state index contributed by atoms with van der Waals surface area (Å²) in [4.78, 5) is 14.8. The molecule has 0 heterocycles. The van der Waals surface area contributed by atoms with Gasteiger partial charge in [0.1, 0.15) is 0 Å². The molecule has 2 aliphatic carbocycles. The molecule has 6 aromatic rings. The third-order valence-electron chi connectivity index (χ3n) is 11.0. The van der Waals surface area contributed by atoms with Gasteiger partial charge in [0, 0.05) is 11.1 Å². The van der Waals surface area contributed by atoms with Crippen molar-refractivity contribution in [2.75, 3.05) is 0 Å². The molecule has 57 heavy (non-hydrogen) atoms. The van der Waals surface area contributed by atoms with Gasteiger partial charge < -0.3 is 0 Å². The van der Waals surface area contributed by atoms with E-state index in [2.05, 4.69) is 191 Å². The molecular weight excluding hydrogens is 691 g/mol. The first-order chi connectivity index (χ1) is 27.9. The third-order valence-corrected chi connectivity index (χ3v) is 11.0. The Morgan fingerprint density at radius 2 is 1.44 bits per heavy atom. The van der Waals surface area contributed by atoms with E-state index in [1.165, 1.54) is 61.2 Å². The van der Waals surface area contributed by atoms with Crippen molar-refractivity contribution in [2.45, 2.75) is 40.2 Å². The molecule has 0 radical (unpaired) electrons. The van der Waals surface area contributed by atoms with E-state index in [9.17, 15) is 0 Å². The second kappa shape index (κ2) is 16.6. The maximum atomic E-state index is 5.17. The number of hydrogen-bond donors (Lipinski definition) is 0. The van der Waals surface area contributed by atoms with Gasteiger partial charge in [-0.1, -0.05) is 159 Å². The predicted octanol–water partition coefficient (Wildman–Crippen LogP) is 13.7. The molecule has 3 heteroatoms. The van der Waals surface area contributed by atoms with Gasteiger partial charge in [-0.3, -0.25) is 4.99 Å². The van der Waals surface area contributed by atoms with Crippen LogP contribution in [0.1, 0.15) is 53.6 Å². The van der Waals surface area contributed by atoms with Crippen molar-refractivity contribution >= 4 is 24.0 Å². The number of fused-ring (bicyclic) bond motifs is 3. The Morgan fingerprint density at radius 1 is 0.719 bits per heavy atom. The molecule has 0 fully saturated rings. The van der Waals surface area contributed by atoms with E-state index in [4.69, 9.17) is 9.98 Å². The molecule has 0 spiro atoms. The first kappa shape index (κ1) is 37.2. The Balaban J connectivity index is 1.17. The highest BCUT2D eigenvalue weighted by atomic mass is 15.0. The summed E-state index contributed by atoms with van der Waals surface area (Å²) in [6, 6.07) is 48.3. The third kappa shape index (κ3) is 8.01. The Hall–Kier alpha value is -6.71. The van der Waals surface area contributed by atoms with Crippen LogP contribution in [0.15, 0.2) is 191 Å². The average Bonchev–Trinajstić information content (AvgIpc) is 3.63. The van der Waals surface area contributed by atoms with Crippen LogP contribution in [-0.4, -0.2) is 18.4 Å². The molecule has 0 saturated heterocycles. The van der Waals surface area contributed by atoms with Gasteiger partial charge in [-0.05, 0) is 136 Å². The molecule has 3 nitrogen and oxygen atoms in total. The van der Waals surface area contributed by atoms with Crippen molar-refractivity contribution in [1.29, 1.82) is 0 Å². The van der Waals surface area contributed by atoms with E-state index in [-0.39, 0.29) is 0 Å². The summed E-state index contributed by atoms with van der Waals surface area (Å²) in [6.07, 6.45) is 12.4. The highest BCUT2D eigenvalue weighted by Gasteiger charge is 2.25. The van der Waals surface area contributed by atoms with Gasteiger partial charge in [0.05, 0.1) is 6.54 Å². The Morgan fingerprint density at radius 3 is 2.16 bits per heavy atom. The maximum absolute atomic E-state index is 5.17. The molecule has 0 saturated carbocycles. The fraction of sp³-hybridized carbons (Fsp3) is 0.130. The molecule has 1 atom stereocenters. The number of amidine groups is 2. The maximum Gasteiger partial charge on any atom is 0.160 e. The van der Waals surface area contributed by atoms with Crippen LogP contribution in [0.25, 0.3) is 50.1 Å². The van der Waals surface area contributed by atoms with E-state index in [0.29, 0.717) is 24.1 Å². The Kier molecular flexibility index (Phi) is 10.8. The summed E-state index contributed by atoms with van der Waals surface area (Å²) in [5.41, 5.74) is 18.7. The molecule has 0 aromatic heterocycles. The van der Waals surface area contributed by atoms with E-state index in [1.807, 2.05) is 12.1 Å². The summed E-state index contributed by atoms with van der Waals surface area (Å²) in [7, 11) is 0. The first-order valence-electron chi connectivity index (χ1n) is 19.8. The lowest BCUT2D eigenvalue weighted by atomic mass is 9.91. The molecule has 0 bridgehead atoms. The van der Waals surface area contributed by atoms with E-state index < -0.39 is 0 Å². The zero-order valence-electron chi connectivity index (χ0n) is 33.0. The quantitative estimate of drug-likeness (QED) is 0.0804. The van der Waals surface area contributed by atoms with Crippen LogP contribution < -0.4 is 0 Å². The lowest BCUT2D eigenvalue weighted by Crippen LogP contribution is -2.09. The first-order valence-corrected chi connectivity index (χ1v) is 19.8. The number of hydrogen-bond acceptors (Lipinski definition) is 1. The summed E-state index contributed by atoms with van der Waals surface area (Å²) >= 11 is 0. The fourth-order valence-electron chi connectivity index (χ4n) is 8.02. The summed E-state index contributed by atoms with van der Waals surface area (Å²) in [5, 5.41) is 0. The fourth-order valence-corrected chi connectivity index (χ4v) is 8.02. The molecule has 8 rings (SSSR count). The topological polar surface area (TPSA) is 37.1 Å². The molecule has 278 valence electrons. The van der Waals surface area contributed by atoms with Gasteiger partial charge in [-0.15, -0.1) is 0 Å². The van der Waals surface area contributed by atoms with Crippen molar-refractivity contribution in [3.8, 4) is 44.5 Å². The number of allylic oxidation sites excluding steroid dienone is 5. The lowest BCUT2D eigenvalue weighted by Gasteiger charge is -2.14. The van der Waals surface area contributed by atoms with Crippen LogP contribution in [0.2, 0.25) is 0 Å². The van der Waals surface area contributed by atoms with Crippen LogP contribution in [0.5, 0.6) is 0 Å². The second-order valence-electron chi connectivity index (χ2n) is 15.0. The molecule has 0 N–H and O–H groups in total. The van der Waals surface area contributed by atoms with E-state index >= 15 is 0 Å². The minimum atomic E-state index is 0.409.